The smallest absolute Gasteiger partial charge is 0.250 e. The van der Waals surface area contributed by atoms with E-state index in [9.17, 15) is 19.5 Å². The number of ether oxygens (including phenoxy) is 1. The van der Waals surface area contributed by atoms with E-state index in [-0.39, 0.29) is 30.2 Å². The zero-order chi connectivity index (χ0) is 29.3. The van der Waals surface area contributed by atoms with Gasteiger partial charge in [-0.2, -0.15) is 0 Å². The lowest BCUT2D eigenvalue weighted by atomic mass is 9.70. The van der Waals surface area contributed by atoms with Crippen LogP contribution in [-0.4, -0.2) is 71.2 Å². The van der Waals surface area contributed by atoms with E-state index >= 15 is 0 Å². The molecule has 6 atom stereocenters. The molecule has 2 bridgehead atoms. The van der Waals surface area contributed by atoms with Gasteiger partial charge >= 0.3 is 0 Å². The van der Waals surface area contributed by atoms with Crippen molar-refractivity contribution in [2.24, 2.45) is 17.8 Å². The molecular formula is C32H42N4O5. The lowest BCUT2D eigenvalue weighted by Gasteiger charge is -2.37. The Morgan fingerprint density at radius 3 is 2.27 bits per heavy atom. The van der Waals surface area contributed by atoms with Crippen molar-refractivity contribution >= 4 is 34.8 Å². The van der Waals surface area contributed by atoms with E-state index in [2.05, 4.69) is 29.4 Å². The summed E-state index contributed by atoms with van der Waals surface area (Å²) >= 11 is 0. The molecule has 41 heavy (non-hydrogen) atoms. The zero-order valence-corrected chi connectivity index (χ0v) is 24.4. The number of fused-ring (bicyclic) bond motifs is 1. The molecule has 1 spiro atoms. The number of anilines is 3. The number of benzene rings is 2. The predicted molar refractivity (Wildman–Crippen MR) is 158 cm³/mol. The summed E-state index contributed by atoms with van der Waals surface area (Å²) in [6, 6.07) is 15.3. The molecule has 3 amide bonds. The second-order valence-electron chi connectivity index (χ2n) is 11.8. The van der Waals surface area contributed by atoms with Gasteiger partial charge in [0.2, 0.25) is 17.7 Å². The van der Waals surface area contributed by atoms with E-state index in [1.807, 2.05) is 56.3 Å². The molecule has 0 aliphatic carbocycles. The van der Waals surface area contributed by atoms with Gasteiger partial charge in [0.05, 0.1) is 30.6 Å². The number of amides is 3. The highest BCUT2D eigenvalue weighted by molar-refractivity contribution is 6.05. The summed E-state index contributed by atoms with van der Waals surface area (Å²) in [5.41, 5.74) is 1.20. The first kappa shape index (κ1) is 29.1. The lowest BCUT2D eigenvalue weighted by Crippen LogP contribution is -2.56. The van der Waals surface area contributed by atoms with Crippen molar-refractivity contribution in [2.45, 2.75) is 70.7 Å². The monoisotopic (exact) mass is 562 g/mol. The highest BCUT2D eigenvalue weighted by Crippen LogP contribution is 2.59. The fourth-order valence-electron chi connectivity index (χ4n) is 7.21. The molecule has 2 unspecified atom stereocenters. The Hall–Kier alpha value is -3.43. The first-order valence-corrected chi connectivity index (χ1v) is 14.9. The minimum Gasteiger partial charge on any atom is -0.394 e. The van der Waals surface area contributed by atoms with Crippen LogP contribution in [0.1, 0.15) is 47.0 Å². The minimum absolute atomic E-state index is 0.184. The van der Waals surface area contributed by atoms with Crippen molar-refractivity contribution in [2.75, 3.05) is 35.2 Å². The molecule has 2 aromatic rings. The third-order valence-corrected chi connectivity index (χ3v) is 8.94. The average molecular weight is 563 g/mol. The Morgan fingerprint density at radius 1 is 1.02 bits per heavy atom. The molecule has 3 N–H and O–H groups in total. The van der Waals surface area contributed by atoms with Gasteiger partial charge in [0.25, 0.3) is 0 Å². The number of carbonyl (C=O) groups is 3. The van der Waals surface area contributed by atoms with Crippen LogP contribution in [-0.2, 0) is 19.1 Å². The van der Waals surface area contributed by atoms with Crippen LogP contribution >= 0.6 is 0 Å². The number of likely N-dealkylation sites (tertiary alicyclic amines) is 1. The molecular weight excluding hydrogens is 520 g/mol. The van der Waals surface area contributed by atoms with Crippen molar-refractivity contribution in [3.63, 3.8) is 0 Å². The standard InChI is InChI=1S/C32H42N4O5/c1-5-35(6-2)23-14-12-22(13-15-23)34-30(39)28-32-17-16-25(41-32)26(29(38)33-21-10-8-7-9-11-21)27(32)31(40)36(28)24(19-37)18-20(3)4/h7-15,20,24-28,37H,5-6,16-19H2,1-4H3,(H,33,38)(H,34,39)/t24-,25-,26+,27+,28?,32?/m1/s1. The summed E-state index contributed by atoms with van der Waals surface area (Å²) in [4.78, 5) is 45.7. The van der Waals surface area contributed by atoms with Gasteiger partial charge in [-0.05, 0) is 75.4 Å². The highest BCUT2D eigenvalue weighted by atomic mass is 16.5. The van der Waals surface area contributed by atoms with Crippen molar-refractivity contribution in [1.82, 2.24) is 4.90 Å². The third-order valence-electron chi connectivity index (χ3n) is 8.94. The lowest BCUT2D eigenvalue weighted by molar-refractivity contribution is -0.143. The van der Waals surface area contributed by atoms with Gasteiger partial charge in [0.1, 0.15) is 11.6 Å². The number of aliphatic hydroxyl groups is 1. The van der Waals surface area contributed by atoms with Crippen LogP contribution in [0.3, 0.4) is 0 Å². The maximum Gasteiger partial charge on any atom is 0.250 e. The molecule has 0 saturated carbocycles. The van der Waals surface area contributed by atoms with Crippen molar-refractivity contribution in [3.05, 3.63) is 54.6 Å². The van der Waals surface area contributed by atoms with Crippen LogP contribution in [0.25, 0.3) is 0 Å². The van der Waals surface area contributed by atoms with Gasteiger partial charge in [-0.3, -0.25) is 14.4 Å². The Bertz CT molecular complexity index is 1250. The van der Waals surface area contributed by atoms with E-state index in [1.165, 1.54) is 4.90 Å². The molecule has 3 aliphatic rings. The molecule has 0 radical (unpaired) electrons. The van der Waals surface area contributed by atoms with Gasteiger partial charge in [-0.1, -0.05) is 32.0 Å². The van der Waals surface area contributed by atoms with Gasteiger partial charge in [0, 0.05) is 30.2 Å². The molecule has 220 valence electrons. The van der Waals surface area contributed by atoms with Crippen LogP contribution in [0.4, 0.5) is 17.1 Å². The van der Waals surface area contributed by atoms with E-state index in [1.54, 1.807) is 12.1 Å². The quantitative estimate of drug-likeness (QED) is 0.383. The molecule has 5 rings (SSSR count). The largest absolute Gasteiger partial charge is 0.394 e. The normalized spacial score (nSPS) is 27.2. The molecule has 3 aliphatic heterocycles. The van der Waals surface area contributed by atoms with Gasteiger partial charge in [0.15, 0.2) is 0 Å². The van der Waals surface area contributed by atoms with Gasteiger partial charge in [-0.25, -0.2) is 0 Å². The van der Waals surface area contributed by atoms with Gasteiger partial charge in [-0.15, -0.1) is 0 Å². The first-order valence-electron chi connectivity index (χ1n) is 14.9. The summed E-state index contributed by atoms with van der Waals surface area (Å²) in [5.74, 6) is -2.27. The summed E-state index contributed by atoms with van der Waals surface area (Å²) in [7, 11) is 0. The van der Waals surface area contributed by atoms with E-state index in [0.29, 0.717) is 30.6 Å². The predicted octanol–water partition coefficient (Wildman–Crippen LogP) is 3.89. The Balaban J connectivity index is 1.47. The van der Waals surface area contributed by atoms with Crippen molar-refractivity contribution in [1.29, 1.82) is 0 Å². The van der Waals surface area contributed by atoms with E-state index in [0.717, 1.165) is 18.8 Å². The number of nitrogens with one attached hydrogen (secondary N) is 2. The number of carbonyl (C=O) groups excluding carboxylic acids is 3. The zero-order valence-electron chi connectivity index (χ0n) is 24.4. The number of aliphatic hydroxyl groups excluding tert-OH is 1. The number of hydrogen-bond acceptors (Lipinski definition) is 6. The second-order valence-corrected chi connectivity index (χ2v) is 11.8. The topological polar surface area (TPSA) is 111 Å². The summed E-state index contributed by atoms with van der Waals surface area (Å²) < 4.78 is 6.53. The van der Waals surface area contributed by atoms with Crippen molar-refractivity contribution < 1.29 is 24.2 Å². The second kappa shape index (κ2) is 11.8. The molecule has 0 aromatic heterocycles. The summed E-state index contributed by atoms with van der Waals surface area (Å²) in [6.45, 7) is 9.71. The Labute approximate surface area is 242 Å². The fraction of sp³-hybridized carbons (Fsp3) is 0.531. The SMILES string of the molecule is CCN(CC)c1ccc(NC(=O)C2N([C@@H](CO)CC(C)C)C(=O)[C@@H]3[C@@H](C(=O)Nc4ccccc4)[C@H]4CCC23O4)cc1. The van der Waals surface area contributed by atoms with Crippen molar-refractivity contribution in [3.8, 4) is 0 Å². The molecule has 2 aromatic carbocycles. The number of hydrogen-bond donors (Lipinski definition) is 3. The average Bonchev–Trinajstić information content (AvgIpc) is 3.61. The molecule has 3 heterocycles. The van der Waals surface area contributed by atoms with E-state index < -0.39 is 35.6 Å². The Morgan fingerprint density at radius 2 is 1.66 bits per heavy atom. The summed E-state index contributed by atoms with van der Waals surface area (Å²) in [5, 5.41) is 16.4. The fourth-order valence-corrected chi connectivity index (χ4v) is 7.21. The number of rotatable bonds is 11. The van der Waals surface area contributed by atoms with E-state index in [4.69, 9.17) is 4.74 Å². The number of para-hydroxylation sites is 1. The van der Waals surface area contributed by atoms with Crippen LogP contribution in [0.5, 0.6) is 0 Å². The molecule has 3 fully saturated rings. The summed E-state index contributed by atoms with van der Waals surface area (Å²) in [6.07, 6.45) is 1.16. The van der Waals surface area contributed by atoms with Crippen LogP contribution in [0.2, 0.25) is 0 Å². The highest BCUT2D eigenvalue weighted by Gasteiger charge is 2.75. The number of nitrogens with zero attached hydrogens (tertiary/aromatic N) is 2. The third kappa shape index (κ3) is 5.21. The molecule has 9 nitrogen and oxygen atoms in total. The Kier molecular flexibility index (Phi) is 8.38. The first-order chi connectivity index (χ1) is 19.7. The molecule has 9 heteroatoms. The van der Waals surface area contributed by atoms with Gasteiger partial charge < -0.3 is 30.3 Å². The molecule has 3 saturated heterocycles. The maximum atomic E-state index is 14.2. The minimum atomic E-state index is -1.13. The van der Waals surface area contributed by atoms with Crippen LogP contribution in [0, 0.1) is 17.8 Å². The maximum absolute atomic E-state index is 14.2. The van der Waals surface area contributed by atoms with Crippen LogP contribution < -0.4 is 15.5 Å². The van der Waals surface area contributed by atoms with Crippen LogP contribution in [0.15, 0.2) is 54.6 Å².